The maximum absolute atomic E-state index is 9.00. The van der Waals surface area contributed by atoms with Crippen molar-refractivity contribution in [3.05, 3.63) is 28.8 Å². The molecule has 0 saturated heterocycles. The molecule has 0 bridgehead atoms. The molecule has 2 unspecified atom stereocenters. The average Bonchev–Trinajstić information content (AvgIpc) is 2.95. The number of rotatable bonds is 3. The fraction of sp³-hybridized carbons (Fsp3) is 0.462. The van der Waals surface area contributed by atoms with Gasteiger partial charge in [-0.25, -0.2) is 0 Å². The van der Waals surface area contributed by atoms with Gasteiger partial charge in [0.05, 0.1) is 23.1 Å². The molecule has 1 aliphatic carbocycles. The monoisotopic (exact) mass is 235 g/mol. The summed E-state index contributed by atoms with van der Waals surface area (Å²) in [5, 5.41) is 9.63. The van der Waals surface area contributed by atoms with Crippen molar-refractivity contribution in [2.24, 2.45) is 5.41 Å². The van der Waals surface area contributed by atoms with Gasteiger partial charge in [0.25, 0.3) is 0 Å². The molecule has 84 valence electrons. The number of benzene rings is 1. The summed E-state index contributed by atoms with van der Waals surface area (Å²) in [6.45, 7) is 4.53. The molecule has 2 rings (SSSR count). The number of halogens is 1. The van der Waals surface area contributed by atoms with Crippen LogP contribution in [0.25, 0.3) is 0 Å². The third-order valence-corrected chi connectivity index (χ3v) is 3.45. The van der Waals surface area contributed by atoms with Crippen LogP contribution in [-0.2, 0) is 0 Å². The Morgan fingerprint density at radius 1 is 1.62 bits per heavy atom. The molecular formula is C13H14ClNO. The highest BCUT2D eigenvalue weighted by molar-refractivity contribution is 6.32. The molecule has 0 aromatic heterocycles. The predicted octanol–water partition coefficient (Wildman–Crippen LogP) is 3.76. The van der Waals surface area contributed by atoms with Crippen LogP contribution in [0.15, 0.2) is 18.2 Å². The van der Waals surface area contributed by atoms with Gasteiger partial charge in [0.15, 0.2) is 0 Å². The Hall–Kier alpha value is -1.20. The summed E-state index contributed by atoms with van der Waals surface area (Å²) < 4.78 is 5.37. The van der Waals surface area contributed by atoms with Gasteiger partial charge in [0.1, 0.15) is 5.75 Å². The molecule has 1 aromatic rings. The molecule has 1 aliphatic rings. The summed E-state index contributed by atoms with van der Waals surface area (Å²) >= 11 is 6.11. The number of nitriles is 1. The Labute approximate surface area is 101 Å². The summed E-state index contributed by atoms with van der Waals surface area (Å²) in [6.07, 6.45) is 0.924. The van der Waals surface area contributed by atoms with Gasteiger partial charge in [0, 0.05) is 5.92 Å². The van der Waals surface area contributed by atoms with Crippen LogP contribution in [0, 0.1) is 16.7 Å². The Morgan fingerprint density at radius 2 is 2.38 bits per heavy atom. The molecule has 16 heavy (non-hydrogen) atoms. The molecule has 2 atom stereocenters. The predicted molar refractivity (Wildman–Crippen MR) is 63.7 cm³/mol. The summed E-state index contributed by atoms with van der Waals surface area (Å²) in [7, 11) is 0. The van der Waals surface area contributed by atoms with Gasteiger partial charge in [-0.2, -0.15) is 5.26 Å². The smallest absolute Gasteiger partial charge is 0.137 e. The lowest BCUT2D eigenvalue weighted by molar-refractivity contribution is 0.340. The number of hydrogen-bond donors (Lipinski definition) is 0. The second-order valence-electron chi connectivity index (χ2n) is 4.41. The molecule has 0 heterocycles. The second-order valence-corrected chi connectivity index (χ2v) is 4.82. The first-order chi connectivity index (χ1) is 7.60. The van der Waals surface area contributed by atoms with Gasteiger partial charge in [0.2, 0.25) is 0 Å². The van der Waals surface area contributed by atoms with Crippen molar-refractivity contribution >= 4 is 11.6 Å². The van der Waals surface area contributed by atoms with E-state index in [1.54, 1.807) is 0 Å². The first kappa shape index (κ1) is 11.3. The molecule has 0 N–H and O–H groups in total. The van der Waals surface area contributed by atoms with Gasteiger partial charge in [-0.15, -0.1) is 0 Å². The van der Waals surface area contributed by atoms with Crippen molar-refractivity contribution in [1.29, 1.82) is 5.26 Å². The van der Waals surface area contributed by atoms with E-state index in [9.17, 15) is 0 Å². The molecule has 0 radical (unpaired) electrons. The van der Waals surface area contributed by atoms with Crippen LogP contribution < -0.4 is 4.74 Å². The molecule has 1 saturated carbocycles. The largest absolute Gasteiger partial charge is 0.492 e. The third kappa shape index (κ3) is 1.88. The standard InChI is InChI=1S/C13H14ClNO/c1-3-16-12-5-4-9(6-11(12)14)10-7-13(10,2)8-15/h4-6,10H,3,7H2,1-2H3. The lowest BCUT2D eigenvalue weighted by atomic mass is 10.0. The van der Waals surface area contributed by atoms with Crippen molar-refractivity contribution < 1.29 is 4.74 Å². The lowest BCUT2D eigenvalue weighted by Crippen LogP contribution is -1.95. The van der Waals surface area contributed by atoms with Crippen molar-refractivity contribution in [1.82, 2.24) is 0 Å². The van der Waals surface area contributed by atoms with E-state index in [1.807, 2.05) is 32.0 Å². The molecule has 2 nitrogen and oxygen atoms in total. The highest BCUT2D eigenvalue weighted by Gasteiger charge is 2.51. The van der Waals surface area contributed by atoms with Crippen LogP contribution in [0.3, 0.4) is 0 Å². The highest BCUT2D eigenvalue weighted by Crippen LogP contribution is 2.58. The SMILES string of the molecule is CCOc1ccc(C2CC2(C)C#N)cc1Cl. The average molecular weight is 236 g/mol. The quantitative estimate of drug-likeness (QED) is 0.799. The molecule has 0 spiro atoms. The Balaban J connectivity index is 2.21. The molecule has 1 fully saturated rings. The molecule has 1 aromatic carbocycles. The first-order valence-electron chi connectivity index (χ1n) is 5.44. The van der Waals surface area contributed by atoms with Crippen molar-refractivity contribution in [2.45, 2.75) is 26.2 Å². The summed E-state index contributed by atoms with van der Waals surface area (Å²) in [5.41, 5.74) is 0.939. The van der Waals surface area contributed by atoms with Crippen LogP contribution in [0.2, 0.25) is 5.02 Å². The summed E-state index contributed by atoms with van der Waals surface area (Å²) in [6, 6.07) is 8.16. The van der Waals surface area contributed by atoms with Gasteiger partial charge < -0.3 is 4.74 Å². The van der Waals surface area contributed by atoms with E-state index >= 15 is 0 Å². The Bertz CT molecular complexity index is 452. The minimum absolute atomic E-state index is 0.198. The van der Waals surface area contributed by atoms with Gasteiger partial charge in [-0.3, -0.25) is 0 Å². The van der Waals surface area contributed by atoms with Crippen LogP contribution in [0.1, 0.15) is 31.7 Å². The van der Waals surface area contributed by atoms with Crippen LogP contribution >= 0.6 is 11.6 Å². The summed E-state index contributed by atoms with van der Waals surface area (Å²) in [5.74, 6) is 1.04. The fourth-order valence-corrected chi connectivity index (χ4v) is 2.22. The lowest BCUT2D eigenvalue weighted by Gasteiger charge is -2.08. The van der Waals surface area contributed by atoms with Gasteiger partial charge in [-0.1, -0.05) is 17.7 Å². The van der Waals surface area contributed by atoms with Gasteiger partial charge >= 0.3 is 0 Å². The second kappa shape index (κ2) is 3.99. The van der Waals surface area contributed by atoms with Crippen molar-refractivity contribution in [2.75, 3.05) is 6.61 Å². The van der Waals surface area contributed by atoms with Crippen molar-refractivity contribution in [3.63, 3.8) is 0 Å². The molecule has 3 heteroatoms. The van der Waals surface area contributed by atoms with Gasteiger partial charge in [-0.05, 0) is 38.0 Å². The van der Waals surface area contributed by atoms with Crippen LogP contribution in [0.5, 0.6) is 5.75 Å². The zero-order valence-electron chi connectivity index (χ0n) is 9.46. The molecule has 0 amide bonds. The van der Waals surface area contributed by atoms with E-state index in [-0.39, 0.29) is 5.41 Å². The first-order valence-corrected chi connectivity index (χ1v) is 5.82. The summed E-state index contributed by atoms with van der Waals surface area (Å²) in [4.78, 5) is 0. The minimum Gasteiger partial charge on any atom is -0.492 e. The molecule has 0 aliphatic heterocycles. The highest BCUT2D eigenvalue weighted by atomic mass is 35.5. The Morgan fingerprint density at radius 3 is 2.88 bits per heavy atom. The van der Waals surface area contributed by atoms with E-state index in [1.165, 1.54) is 0 Å². The Kier molecular flexibility index (Phi) is 2.82. The maximum Gasteiger partial charge on any atom is 0.137 e. The molecular weight excluding hydrogens is 222 g/mol. The topological polar surface area (TPSA) is 33.0 Å². The zero-order valence-corrected chi connectivity index (χ0v) is 10.2. The van der Waals surface area contributed by atoms with Crippen LogP contribution in [-0.4, -0.2) is 6.61 Å². The number of nitrogens with zero attached hydrogens (tertiary/aromatic N) is 1. The van der Waals surface area contributed by atoms with Crippen molar-refractivity contribution in [3.8, 4) is 11.8 Å². The minimum atomic E-state index is -0.198. The number of ether oxygens (including phenoxy) is 1. The maximum atomic E-state index is 9.00. The van der Waals surface area contributed by atoms with Crippen LogP contribution in [0.4, 0.5) is 0 Å². The third-order valence-electron chi connectivity index (χ3n) is 3.15. The van der Waals surface area contributed by atoms with E-state index < -0.39 is 0 Å². The number of hydrogen-bond acceptors (Lipinski definition) is 2. The van der Waals surface area contributed by atoms with E-state index in [0.29, 0.717) is 23.3 Å². The van der Waals surface area contributed by atoms with E-state index in [2.05, 4.69) is 6.07 Å². The van der Waals surface area contributed by atoms with E-state index in [0.717, 1.165) is 12.0 Å². The fourth-order valence-electron chi connectivity index (χ4n) is 1.98. The zero-order chi connectivity index (χ0) is 11.8. The normalized spacial score (nSPS) is 27.2. The van der Waals surface area contributed by atoms with E-state index in [4.69, 9.17) is 21.6 Å².